The predicted octanol–water partition coefficient (Wildman–Crippen LogP) is 1.58. The maximum atomic E-state index is 11.7. The van der Waals surface area contributed by atoms with Crippen molar-refractivity contribution in [3.8, 4) is 0 Å². The van der Waals surface area contributed by atoms with Crippen LogP contribution in [0.2, 0.25) is 0 Å². The summed E-state index contributed by atoms with van der Waals surface area (Å²) in [7, 11) is 0. The fourth-order valence-electron chi connectivity index (χ4n) is 2.02. The van der Waals surface area contributed by atoms with Crippen LogP contribution in [-0.4, -0.2) is 41.0 Å². The highest BCUT2D eigenvalue weighted by Crippen LogP contribution is 2.17. The fourth-order valence-corrected chi connectivity index (χ4v) is 2.02. The molecule has 1 fully saturated rings. The van der Waals surface area contributed by atoms with Gasteiger partial charge in [0.2, 0.25) is 0 Å². The standard InChI is InChI=1S/C13H20N4O2/c1-13(2,3)19-12(18)15-10-6-8-17(9-10)11-5-4-7-14-16-11/h4-5,7,10H,6,8-9H2,1-3H3,(H,15,18)/t10-/m1/s1. The lowest BCUT2D eigenvalue weighted by atomic mass is 10.2. The smallest absolute Gasteiger partial charge is 0.407 e. The number of rotatable bonds is 2. The summed E-state index contributed by atoms with van der Waals surface area (Å²) in [5.74, 6) is 0.844. The molecule has 6 nitrogen and oxygen atoms in total. The highest BCUT2D eigenvalue weighted by atomic mass is 16.6. The molecule has 1 amide bonds. The zero-order valence-corrected chi connectivity index (χ0v) is 11.6. The molecule has 2 rings (SSSR count). The summed E-state index contributed by atoms with van der Waals surface area (Å²) in [6.07, 6.45) is 2.17. The van der Waals surface area contributed by atoms with Gasteiger partial charge in [0.1, 0.15) is 5.60 Å². The Kier molecular flexibility index (Phi) is 3.87. The molecule has 0 bridgehead atoms. The quantitative estimate of drug-likeness (QED) is 0.878. The van der Waals surface area contributed by atoms with Crippen molar-refractivity contribution >= 4 is 11.9 Å². The van der Waals surface area contributed by atoms with E-state index in [9.17, 15) is 4.79 Å². The SMILES string of the molecule is CC(C)(C)OC(=O)N[C@@H]1CCN(c2cccnn2)C1. The van der Waals surface area contributed by atoms with Crippen LogP contribution in [0.5, 0.6) is 0 Å². The third-order valence-electron chi connectivity index (χ3n) is 2.79. The molecule has 0 aromatic carbocycles. The number of alkyl carbamates (subject to hydrolysis) is 1. The molecule has 1 atom stereocenters. The lowest BCUT2D eigenvalue weighted by molar-refractivity contribution is 0.0509. The van der Waals surface area contributed by atoms with Crippen LogP contribution in [0, 0.1) is 0 Å². The summed E-state index contributed by atoms with van der Waals surface area (Å²) in [5, 5.41) is 10.8. The highest BCUT2D eigenvalue weighted by molar-refractivity contribution is 5.68. The molecular formula is C13H20N4O2. The Bertz CT molecular complexity index is 430. The first-order valence-corrected chi connectivity index (χ1v) is 6.46. The van der Waals surface area contributed by atoms with Crippen LogP contribution in [0.4, 0.5) is 10.6 Å². The molecule has 104 valence electrons. The first-order chi connectivity index (χ1) is 8.94. The van der Waals surface area contributed by atoms with Crippen molar-refractivity contribution in [3.63, 3.8) is 0 Å². The molecule has 0 saturated carbocycles. The second-order valence-corrected chi connectivity index (χ2v) is 5.66. The lowest BCUT2D eigenvalue weighted by Crippen LogP contribution is -2.40. The van der Waals surface area contributed by atoms with E-state index in [0.717, 1.165) is 25.3 Å². The summed E-state index contributed by atoms with van der Waals surface area (Å²) in [6, 6.07) is 3.87. The summed E-state index contributed by atoms with van der Waals surface area (Å²) in [5.41, 5.74) is -0.465. The van der Waals surface area contributed by atoms with Gasteiger partial charge in [-0.1, -0.05) is 0 Å². The minimum absolute atomic E-state index is 0.0943. The largest absolute Gasteiger partial charge is 0.444 e. The topological polar surface area (TPSA) is 67.3 Å². The third-order valence-corrected chi connectivity index (χ3v) is 2.79. The van der Waals surface area contributed by atoms with Gasteiger partial charge in [-0.05, 0) is 39.3 Å². The molecular weight excluding hydrogens is 244 g/mol. The Balaban J connectivity index is 1.84. The lowest BCUT2D eigenvalue weighted by Gasteiger charge is -2.22. The summed E-state index contributed by atoms with van der Waals surface area (Å²) in [4.78, 5) is 13.8. The number of hydrogen-bond donors (Lipinski definition) is 1. The summed E-state index contributed by atoms with van der Waals surface area (Å²) >= 11 is 0. The van der Waals surface area contributed by atoms with Crippen LogP contribution in [-0.2, 0) is 4.74 Å². The van der Waals surface area contributed by atoms with Crippen LogP contribution in [0.15, 0.2) is 18.3 Å². The van der Waals surface area contributed by atoms with Crippen molar-refractivity contribution in [2.75, 3.05) is 18.0 Å². The number of carbonyl (C=O) groups is 1. The number of nitrogens with one attached hydrogen (secondary N) is 1. The normalized spacial score (nSPS) is 19.3. The molecule has 0 aliphatic carbocycles. The number of aromatic nitrogens is 2. The van der Waals surface area contributed by atoms with Gasteiger partial charge in [0.25, 0.3) is 0 Å². The van der Waals surface area contributed by atoms with Gasteiger partial charge < -0.3 is 15.0 Å². The van der Waals surface area contributed by atoms with E-state index in [1.54, 1.807) is 6.20 Å². The number of carbonyl (C=O) groups excluding carboxylic acids is 1. The average Bonchev–Trinajstić information content (AvgIpc) is 2.76. The van der Waals surface area contributed by atoms with Gasteiger partial charge in [-0.25, -0.2) is 4.79 Å². The molecule has 0 unspecified atom stereocenters. The Morgan fingerprint density at radius 2 is 2.32 bits per heavy atom. The van der Waals surface area contributed by atoms with Gasteiger partial charge in [0, 0.05) is 19.3 Å². The zero-order chi connectivity index (χ0) is 13.9. The number of nitrogens with zero attached hydrogens (tertiary/aromatic N) is 3. The molecule has 1 aliphatic rings. The second kappa shape index (κ2) is 5.42. The van der Waals surface area contributed by atoms with E-state index in [4.69, 9.17) is 4.74 Å². The minimum atomic E-state index is -0.465. The highest BCUT2D eigenvalue weighted by Gasteiger charge is 2.26. The molecule has 2 heterocycles. The number of ether oxygens (including phenoxy) is 1. The molecule has 0 spiro atoms. The molecule has 1 aromatic rings. The first-order valence-electron chi connectivity index (χ1n) is 6.46. The molecule has 1 aliphatic heterocycles. The van der Waals surface area contributed by atoms with Gasteiger partial charge in [0.05, 0.1) is 6.04 Å². The fraction of sp³-hybridized carbons (Fsp3) is 0.615. The maximum absolute atomic E-state index is 11.7. The molecule has 1 N–H and O–H groups in total. The molecule has 1 saturated heterocycles. The van der Waals surface area contributed by atoms with E-state index >= 15 is 0 Å². The molecule has 19 heavy (non-hydrogen) atoms. The Hall–Kier alpha value is -1.85. The van der Waals surface area contributed by atoms with Crippen molar-refractivity contribution in [2.45, 2.75) is 38.8 Å². The van der Waals surface area contributed by atoms with E-state index in [2.05, 4.69) is 20.4 Å². The van der Waals surface area contributed by atoms with E-state index in [1.165, 1.54) is 0 Å². The van der Waals surface area contributed by atoms with Crippen molar-refractivity contribution in [2.24, 2.45) is 0 Å². The molecule has 6 heteroatoms. The van der Waals surface area contributed by atoms with E-state index in [0.29, 0.717) is 0 Å². The second-order valence-electron chi connectivity index (χ2n) is 5.66. The maximum Gasteiger partial charge on any atom is 0.407 e. The van der Waals surface area contributed by atoms with E-state index in [1.807, 2.05) is 32.9 Å². The third kappa shape index (κ3) is 4.08. The first kappa shape index (κ1) is 13.6. The van der Waals surface area contributed by atoms with Crippen molar-refractivity contribution < 1.29 is 9.53 Å². The van der Waals surface area contributed by atoms with Crippen molar-refractivity contribution in [1.29, 1.82) is 0 Å². The van der Waals surface area contributed by atoms with Crippen molar-refractivity contribution in [3.05, 3.63) is 18.3 Å². The van der Waals surface area contributed by atoms with Crippen LogP contribution in [0.1, 0.15) is 27.2 Å². The van der Waals surface area contributed by atoms with Crippen LogP contribution >= 0.6 is 0 Å². The predicted molar refractivity (Wildman–Crippen MR) is 72.0 cm³/mol. The van der Waals surface area contributed by atoms with Gasteiger partial charge in [-0.2, -0.15) is 5.10 Å². The summed E-state index contributed by atoms with van der Waals surface area (Å²) < 4.78 is 5.24. The molecule has 0 radical (unpaired) electrons. The zero-order valence-electron chi connectivity index (χ0n) is 11.6. The van der Waals surface area contributed by atoms with E-state index < -0.39 is 5.60 Å². The van der Waals surface area contributed by atoms with Crippen LogP contribution in [0.25, 0.3) is 0 Å². The van der Waals surface area contributed by atoms with Gasteiger partial charge >= 0.3 is 6.09 Å². The minimum Gasteiger partial charge on any atom is -0.444 e. The van der Waals surface area contributed by atoms with Crippen LogP contribution < -0.4 is 10.2 Å². The van der Waals surface area contributed by atoms with Gasteiger partial charge in [-0.3, -0.25) is 0 Å². The van der Waals surface area contributed by atoms with Gasteiger partial charge in [0.15, 0.2) is 5.82 Å². The molecule has 1 aromatic heterocycles. The van der Waals surface area contributed by atoms with Gasteiger partial charge in [-0.15, -0.1) is 5.10 Å². The number of hydrogen-bond acceptors (Lipinski definition) is 5. The van der Waals surface area contributed by atoms with Crippen LogP contribution in [0.3, 0.4) is 0 Å². The Morgan fingerprint density at radius 3 is 2.95 bits per heavy atom. The Morgan fingerprint density at radius 1 is 1.53 bits per heavy atom. The van der Waals surface area contributed by atoms with Crippen molar-refractivity contribution in [1.82, 2.24) is 15.5 Å². The summed E-state index contributed by atoms with van der Waals surface area (Å²) in [6.45, 7) is 7.16. The number of anilines is 1. The monoisotopic (exact) mass is 264 g/mol. The Labute approximate surface area is 113 Å². The van der Waals surface area contributed by atoms with E-state index in [-0.39, 0.29) is 12.1 Å². The average molecular weight is 264 g/mol. The number of amides is 1.